The number of methoxy groups -OCH3 is 1. The number of carbonyl (C=O) groups is 2. The first-order valence-electron chi connectivity index (χ1n) is 9.05. The Morgan fingerprint density at radius 3 is 2.50 bits per heavy atom. The number of aryl methyl sites for hydroxylation is 1. The van der Waals surface area contributed by atoms with E-state index in [9.17, 15) is 19.1 Å². The Bertz CT molecular complexity index is 1170. The van der Waals surface area contributed by atoms with Gasteiger partial charge in [-0.2, -0.15) is 0 Å². The van der Waals surface area contributed by atoms with Crippen LogP contribution in [0.25, 0.3) is 5.76 Å². The smallest absolute Gasteiger partial charge is 0.301 e. The Kier molecular flexibility index (Phi) is 4.83. The van der Waals surface area contributed by atoms with Crippen molar-refractivity contribution in [3.05, 3.63) is 82.9 Å². The number of rotatable bonds is 4. The molecule has 1 fully saturated rings. The molecule has 0 unspecified atom stereocenters. The fourth-order valence-electron chi connectivity index (χ4n) is 3.49. The first kappa shape index (κ1) is 19.4. The van der Waals surface area contributed by atoms with E-state index < -0.39 is 29.3 Å². The Balaban J connectivity index is 1.98. The number of aliphatic hydroxyl groups is 1. The van der Waals surface area contributed by atoms with Gasteiger partial charge in [-0.3, -0.25) is 14.5 Å². The lowest BCUT2D eigenvalue weighted by atomic mass is 9.94. The van der Waals surface area contributed by atoms with Crippen molar-refractivity contribution in [3.63, 3.8) is 0 Å². The summed E-state index contributed by atoms with van der Waals surface area (Å²) < 4.78 is 23.8. The van der Waals surface area contributed by atoms with Crippen molar-refractivity contribution < 1.29 is 28.3 Å². The van der Waals surface area contributed by atoms with Crippen LogP contribution in [0.4, 0.5) is 10.2 Å². The van der Waals surface area contributed by atoms with Crippen LogP contribution < -0.4 is 9.64 Å². The number of amides is 1. The highest BCUT2D eigenvalue weighted by molar-refractivity contribution is 6.51. The van der Waals surface area contributed by atoms with Crippen molar-refractivity contribution in [3.8, 4) is 5.75 Å². The molecule has 1 aliphatic rings. The second-order valence-electron chi connectivity index (χ2n) is 6.71. The highest BCUT2D eigenvalue weighted by Crippen LogP contribution is 2.44. The average Bonchev–Trinajstić information content (AvgIpc) is 3.29. The minimum absolute atomic E-state index is 0.128. The van der Waals surface area contributed by atoms with Gasteiger partial charge in [-0.05, 0) is 37.3 Å². The number of benzene rings is 2. The van der Waals surface area contributed by atoms with Crippen LogP contribution in [-0.4, -0.2) is 29.1 Å². The molecule has 8 heteroatoms. The van der Waals surface area contributed by atoms with Crippen LogP contribution >= 0.6 is 0 Å². The highest BCUT2D eigenvalue weighted by Gasteiger charge is 2.49. The summed E-state index contributed by atoms with van der Waals surface area (Å²) in [5.74, 6) is -1.69. The number of nitrogens with zero attached hydrogens (tertiary/aromatic N) is 2. The third kappa shape index (κ3) is 3.12. The van der Waals surface area contributed by atoms with E-state index in [1.54, 1.807) is 31.2 Å². The van der Waals surface area contributed by atoms with Crippen LogP contribution in [0.5, 0.6) is 5.75 Å². The first-order chi connectivity index (χ1) is 14.4. The van der Waals surface area contributed by atoms with Crippen molar-refractivity contribution in [2.45, 2.75) is 13.0 Å². The molecule has 2 heterocycles. The molecule has 3 aromatic rings. The van der Waals surface area contributed by atoms with Crippen molar-refractivity contribution in [2.75, 3.05) is 12.0 Å². The lowest BCUT2D eigenvalue weighted by Gasteiger charge is -2.24. The molecular weight excluding hydrogens is 391 g/mol. The van der Waals surface area contributed by atoms with Crippen molar-refractivity contribution in [1.29, 1.82) is 0 Å². The molecule has 1 saturated heterocycles. The molecule has 0 radical (unpaired) electrons. The van der Waals surface area contributed by atoms with Gasteiger partial charge in [0.2, 0.25) is 0 Å². The normalized spacial score (nSPS) is 18.1. The van der Waals surface area contributed by atoms with Gasteiger partial charge >= 0.3 is 5.91 Å². The number of hydrogen-bond acceptors (Lipinski definition) is 6. The molecule has 1 N–H and O–H groups in total. The molecule has 1 aromatic heterocycles. The third-order valence-electron chi connectivity index (χ3n) is 4.86. The molecule has 1 aliphatic heterocycles. The zero-order valence-electron chi connectivity index (χ0n) is 16.1. The number of para-hydroxylation sites is 1. The fraction of sp³-hybridized carbons (Fsp3) is 0.136. The summed E-state index contributed by atoms with van der Waals surface area (Å²) in [7, 11) is 1.46. The predicted octanol–water partition coefficient (Wildman–Crippen LogP) is 3.76. The summed E-state index contributed by atoms with van der Waals surface area (Å²) in [6, 6.07) is 12.3. The summed E-state index contributed by atoms with van der Waals surface area (Å²) in [4.78, 5) is 27.1. The van der Waals surface area contributed by atoms with Gasteiger partial charge < -0.3 is 14.4 Å². The van der Waals surface area contributed by atoms with Crippen LogP contribution in [0, 0.1) is 12.7 Å². The van der Waals surface area contributed by atoms with Gasteiger partial charge in [0.05, 0.1) is 12.7 Å². The van der Waals surface area contributed by atoms with E-state index in [1.165, 1.54) is 25.3 Å². The lowest BCUT2D eigenvalue weighted by molar-refractivity contribution is -0.132. The van der Waals surface area contributed by atoms with Crippen LogP contribution in [0.1, 0.15) is 22.9 Å². The molecule has 0 bridgehead atoms. The van der Waals surface area contributed by atoms with Crippen molar-refractivity contribution in [2.24, 2.45) is 0 Å². The topological polar surface area (TPSA) is 92.9 Å². The molecule has 0 spiro atoms. The Morgan fingerprint density at radius 1 is 1.17 bits per heavy atom. The number of hydrogen-bond donors (Lipinski definition) is 1. The van der Waals surface area contributed by atoms with Crippen molar-refractivity contribution in [1.82, 2.24) is 5.16 Å². The molecule has 1 atom stereocenters. The molecule has 0 saturated carbocycles. The van der Waals surface area contributed by atoms with Gasteiger partial charge in [0.1, 0.15) is 29.1 Å². The number of Topliss-reactive ketones (excluding diaryl/α,β-unsaturated/α-hetero) is 1. The second-order valence-corrected chi connectivity index (χ2v) is 6.71. The minimum atomic E-state index is -1.02. The first-order valence-corrected chi connectivity index (χ1v) is 9.05. The van der Waals surface area contributed by atoms with E-state index in [0.717, 1.165) is 17.0 Å². The number of carbonyl (C=O) groups excluding carboxylic acids is 2. The Hall–Kier alpha value is -3.94. The lowest BCUT2D eigenvalue weighted by Crippen LogP contribution is -2.29. The zero-order valence-corrected chi connectivity index (χ0v) is 16.1. The molecule has 1 amide bonds. The van der Waals surface area contributed by atoms with Gasteiger partial charge in [-0.1, -0.05) is 23.4 Å². The SMILES string of the molecule is COc1ccccc1[C@H]1C(=C(O)c2ccc(F)cc2)C(=O)C(=O)N1c1cc(C)on1. The highest BCUT2D eigenvalue weighted by atomic mass is 19.1. The van der Waals surface area contributed by atoms with Crippen LogP contribution in [0.3, 0.4) is 0 Å². The van der Waals surface area contributed by atoms with Gasteiger partial charge in [0.25, 0.3) is 5.78 Å². The fourth-order valence-corrected chi connectivity index (χ4v) is 3.49. The molecule has 4 rings (SSSR count). The Labute approximate surface area is 171 Å². The summed E-state index contributed by atoms with van der Waals surface area (Å²) in [5, 5.41) is 14.8. The number of ketones is 1. The third-order valence-corrected chi connectivity index (χ3v) is 4.86. The van der Waals surface area contributed by atoms with Crippen LogP contribution in [0.2, 0.25) is 0 Å². The monoisotopic (exact) mass is 408 g/mol. The molecular formula is C22H17FN2O5. The van der Waals surface area contributed by atoms with Gasteiger partial charge in [0.15, 0.2) is 5.82 Å². The Morgan fingerprint density at radius 2 is 1.87 bits per heavy atom. The average molecular weight is 408 g/mol. The van der Waals surface area contributed by atoms with Gasteiger partial charge in [0, 0.05) is 17.2 Å². The van der Waals surface area contributed by atoms with E-state index in [0.29, 0.717) is 17.1 Å². The van der Waals surface area contributed by atoms with Crippen LogP contribution in [0.15, 0.2) is 64.7 Å². The largest absolute Gasteiger partial charge is 0.507 e. The molecule has 2 aromatic carbocycles. The maximum absolute atomic E-state index is 13.3. The zero-order chi connectivity index (χ0) is 21.4. The van der Waals surface area contributed by atoms with E-state index >= 15 is 0 Å². The number of halogens is 1. The van der Waals surface area contributed by atoms with E-state index in [-0.39, 0.29) is 17.0 Å². The maximum Gasteiger partial charge on any atom is 0.301 e. The molecule has 152 valence electrons. The van der Waals surface area contributed by atoms with Crippen LogP contribution in [-0.2, 0) is 9.59 Å². The summed E-state index contributed by atoms with van der Waals surface area (Å²) in [5.41, 5.74) is 0.519. The number of ether oxygens (including phenoxy) is 1. The van der Waals surface area contributed by atoms with E-state index in [1.807, 2.05) is 0 Å². The quantitative estimate of drug-likeness (QED) is 0.401. The van der Waals surface area contributed by atoms with Crippen molar-refractivity contribution >= 4 is 23.3 Å². The maximum atomic E-state index is 13.3. The minimum Gasteiger partial charge on any atom is -0.507 e. The summed E-state index contributed by atoms with van der Waals surface area (Å²) >= 11 is 0. The second kappa shape index (κ2) is 7.47. The standard InChI is InChI=1S/C22H17FN2O5/c1-12-11-17(24-30-12)25-19(15-5-3-4-6-16(15)29-2)18(21(27)22(25)28)20(26)13-7-9-14(23)10-8-13/h3-11,19,26H,1-2H3/t19-/m0/s1. The summed E-state index contributed by atoms with van der Waals surface area (Å²) in [6.45, 7) is 1.66. The molecule has 30 heavy (non-hydrogen) atoms. The van der Waals surface area contributed by atoms with E-state index in [2.05, 4.69) is 5.16 Å². The van der Waals surface area contributed by atoms with Gasteiger partial charge in [-0.25, -0.2) is 4.39 Å². The predicted molar refractivity (Wildman–Crippen MR) is 105 cm³/mol. The van der Waals surface area contributed by atoms with Gasteiger partial charge in [-0.15, -0.1) is 0 Å². The number of aromatic nitrogens is 1. The van der Waals surface area contributed by atoms with E-state index in [4.69, 9.17) is 9.26 Å². The molecule has 0 aliphatic carbocycles. The number of anilines is 1. The summed E-state index contributed by atoms with van der Waals surface area (Å²) in [6.07, 6.45) is 0. The molecule has 7 nitrogen and oxygen atoms in total. The number of aliphatic hydroxyl groups excluding tert-OH is 1.